The Balaban J connectivity index is 2.07. The molecule has 0 aliphatic carbocycles. The summed E-state index contributed by atoms with van der Waals surface area (Å²) in [7, 11) is 0. The normalized spacial score (nSPS) is 12.1. The molecule has 0 aromatic heterocycles. The van der Waals surface area contributed by atoms with Crippen molar-refractivity contribution in [1.29, 1.82) is 0 Å². The molecule has 0 amide bonds. The van der Waals surface area contributed by atoms with Crippen LogP contribution in [0.4, 0.5) is 0 Å². The number of benzene rings is 1. The molecule has 1 rings (SSSR count). The van der Waals surface area contributed by atoms with Gasteiger partial charge in [-0.25, -0.2) is 0 Å². The van der Waals surface area contributed by atoms with Crippen LogP contribution in [0.3, 0.4) is 0 Å². The first-order valence-corrected chi connectivity index (χ1v) is 6.02. The van der Waals surface area contributed by atoms with Crippen LogP contribution in [0.1, 0.15) is 20.3 Å². The van der Waals surface area contributed by atoms with E-state index in [0.29, 0.717) is 13.2 Å². The van der Waals surface area contributed by atoms with Crippen LogP contribution in [0.25, 0.3) is 0 Å². The van der Waals surface area contributed by atoms with E-state index in [1.54, 1.807) is 0 Å². The fraction of sp³-hybridized carbons (Fsp3) is 0.500. The Hall–Kier alpha value is -1.35. The van der Waals surface area contributed by atoms with Crippen molar-refractivity contribution in [3.63, 3.8) is 0 Å². The van der Waals surface area contributed by atoms with Gasteiger partial charge in [-0.05, 0) is 18.6 Å². The highest BCUT2D eigenvalue weighted by molar-refractivity contribution is 5.81. The Bertz CT molecular complexity index is 321. The highest BCUT2D eigenvalue weighted by atomic mass is 16.5. The summed E-state index contributed by atoms with van der Waals surface area (Å²) in [6, 6.07) is 9.56. The van der Waals surface area contributed by atoms with Gasteiger partial charge in [0.1, 0.15) is 19.0 Å². The topological polar surface area (TPSA) is 35.5 Å². The van der Waals surface area contributed by atoms with E-state index in [0.717, 1.165) is 12.2 Å². The monoisotopic (exact) mass is 236 g/mol. The lowest BCUT2D eigenvalue weighted by atomic mass is 10.1. The van der Waals surface area contributed by atoms with Gasteiger partial charge >= 0.3 is 0 Å². The van der Waals surface area contributed by atoms with Gasteiger partial charge in [-0.1, -0.05) is 32.0 Å². The summed E-state index contributed by atoms with van der Waals surface area (Å²) in [6.45, 7) is 5.02. The van der Waals surface area contributed by atoms with Gasteiger partial charge in [0.15, 0.2) is 5.78 Å². The number of Topliss-reactive ketones (excluding diaryl/α,β-unsaturated/α-hetero) is 1. The lowest BCUT2D eigenvalue weighted by molar-refractivity contribution is -0.127. The Labute approximate surface area is 103 Å². The third-order valence-corrected chi connectivity index (χ3v) is 2.65. The van der Waals surface area contributed by atoms with Gasteiger partial charge in [0, 0.05) is 5.92 Å². The van der Waals surface area contributed by atoms with E-state index in [1.807, 2.05) is 44.2 Å². The quantitative estimate of drug-likeness (QED) is 0.651. The van der Waals surface area contributed by atoms with Crippen molar-refractivity contribution in [1.82, 2.24) is 0 Å². The zero-order valence-electron chi connectivity index (χ0n) is 10.5. The van der Waals surface area contributed by atoms with Crippen LogP contribution in [0, 0.1) is 5.92 Å². The zero-order chi connectivity index (χ0) is 12.5. The number of para-hydroxylation sites is 1. The van der Waals surface area contributed by atoms with Gasteiger partial charge in [-0.15, -0.1) is 0 Å². The van der Waals surface area contributed by atoms with Crippen LogP contribution in [0.5, 0.6) is 5.75 Å². The van der Waals surface area contributed by atoms with Crippen LogP contribution in [0.15, 0.2) is 30.3 Å². The molecule has 1 atom stereocenters. The number of hydrogen-bond acceptors (Lipinski definition) is 3. The van der Waals surface area contributed by atoms with Crippen molar-refractivity contribution < 1.29 is 14.3 Å². The van der Waals surface area contributed by atoms with E-state index < -0.39 is 0 Å². The molecule has 0 aliphatic rings. The molecule has 0 spiro atoms. The molecule has 0 aliphatic heterocycles. The van der Waals surface area contributed by atoms with Gasteiger partial charge < -0.3 is 9.47 Å². The Morgan fingerprint density at radius 2 is 1.94 bits per heavy atom. The first kappa shape index (κ1) is 13.7. The molecule has 1 unspecified atom stereocenters. The standard InChI is InChI=1S/C14H20O3/c1-3-12(2)14(15)11-16-9-10-17-13-7-5-4-6-8-13/h4-8,12H,3,9-11H2,1-2H3. The summed E-state index contributed by atoms with van der Waals surface area (Å²) in [5, 5.41) is 0. The predicted octanol–water partition coefficient (Wildman–Crippen LogP) is 2.70. The first-order chi connectivity index (χ1) is 8.24. The molecule has 0 bridgehead atoms. The van der Waals surface area contributed by atoms with Gasteiger partial charge in [0.2, 0.25) is 0 Å². The minimum absolute atomic E-state index is 0.0880. The number of ketones is 1. The molecule has 94 valence electrons. The molecule has 3 nitrogen and oxygen atoms in total. The average Bonchev–Trinajstić information content (AvgIpc) is 2.38. The molecule has 0 heterocycles. The highest BCUT2D eigenvalue weighted by Gasteiger charge is 2.09. The lowest BCUT2D eigenvalue weighted by Crippen LogP contribution is -2.18. The van der Waals surface area contributed by atoms with E-state index in [9.17, 15) is 4.79 Å². The second kappa shape index (κ2) is 7.85. The van der Waals surface area contributed by atoms with Crippen molar-refractivity contribution in [3.8, 4) is 5.75 Å². The molecule has 3 heteroatoms. The Morgan fingerprint density at radius 1 is 1.24 bits per heavy atom. The summed E-state index contributed by atoms with van der Waals surface area (Å²) in [6.07, 6.45) is 0.864. The van der Waals surface area contributed by atoms with Crippen LogP contribution in [0.2, 0.25) is 0 Å². The van der Waals surface area contributed by atoms with Crippen LogP contribution >= 0.6 is 0 Å². The second-order valence-electron chi connectivity index (χ2n) is 3.99. The van der Waals surface area contributed by atoms with Crippen molar-refractivity contribution in [3.05, 3.63) is 30.3 Å². The van der Waals surface area contributed by atoms with Crippen molar-refractivity contribution in [2.75, 3.05) is 19.8 Å². The van der Waals surface area contributed by atoms with E-state index in [-0.39, 0.29) is 18.3 Å². The van der Waals surface area contributed by atoms with Crippen LogP contribution in [-0.4, -0.2) is 25.6 Å². The van der Waals surface area contributed by atoms with Gasteiger partial charge in [0.25, 0.3) is 0 Å². The fourth-order valence-corrected chi connectivity index (χ4v) is 1.28. The summed E-state index contributed by atoms with van der Waals surface area (Å²) in [5.41, 5.74) is 0. The van der Waals surface area contributed by atoms with E-state index in [1.165, 1.54) is 0 Å². The number of hydrogen-bond donors (Lipinski definition) is 0. The maximum Gasteiger partial charge on any atom is 0.161 e. The van der Waals surface area contributed by atoms with Gasteiger partial charge in [-0.2, -0.15) is 0 Å². The molecular formula is C14H20O3. The number of carbonyl (C=O) groups excluding carboxylic acids is 1. The molecule has 0 radical (unpaired) electrons. The zero-order valence-corrected chi connectivity index (χ0v) is 10.5. The maximum atomic E-state index is 11.4. The van der Waals surface area contributed by atoms with E-state index >= 15 is 0 Å². The molecule has 0 saturated carbocycles. The number of rotatable bonds is 8. The van der Waals surface area contributed by atoms with Crippen molar-refractivity contribution in [2.24, 2.45) is 5.92 Å². The lowest BCUT2D eigenvalue weighted by Gasteiger charge is -2.09. The molecular weight excluding hydrogens is 216 g/mol. The van der Waals surface area contributed by atoms with Gasteiger partial charge in [0.05, 0.1) is 6.61 Å². The number of ether oxygens (including phenoxy) is 2. The largest absolute Gasteiger partial charge is 0.491 e. The molecule has 17 heavy (non-hydrogen) atoms. The molecule has 0 N–H and O–H groups in total. The number of carbonyl (C=O) groups is 1. The second-order valence-corrected chi connectivity index (χ2v) is 3.99. The first-order valence-electron chi connectivity index (χ1n) is 6.02. The molecule has 0 fully saturated rings. The average molecular weight is 236 g/mol. The summed E-state index contributed by atoms with van der Waals surface area (Å²) in [4.78, 5) is 11.4. The van der Waals surface area contributed by atoms with Crippen molar-refractivity contribution in [2.45, 2.75) is 20.3 Å². The summed E-state index contributed by atoms with van der Waals surface area (Å²) >= 11 is 0. The minimum Gasteiger partial charge on any atom is -0.491 e. The van der Waals surface area contributed by atoms with E-state index in [2.05, 4.69) is 0 Å². The summed E-state index contributed by atoms with van der Waals surface area (Å²) < 4.78 is 10.7. The van der Waals surface area contributed by atoms with Gasteiger partial charge in [-0.3, -0.25) is 4.79 Å². The minimum atomic E-state index is 0.0880. The fourth-order valence-electron chi connectivity index (χ4n) is 1.28. The van der Waals surface area contributed by atoms with Crippen molar-refractivity contribution >= 4 is 5.78 Å². The van der Waals surface area contributed by atoms with Crippen LogP contribution < -0.4 is 4.74 Å². The smallest absolute Gasteiger partial charge is 0.161 e. The summed E-state index contributed by atoms with van der Waals surface area (Å²) in [5.74, 6) is 1.07. The maximum absolute atomic E-state index is 11.4. The Kier molecular flexibility index (Phi) is 6.33. The third-order valence-electron chi connectivity index (χ3n) is 2.65. The van der Waals surface area contributed by atoms with Crippen LogP contribution in [-0.2, 0) is 9.53 Å². The predicted molar refractivity (Wildman–Crippen MR) is 67.2 cm³/mol. The molecule has 1 aromatic rings. The third kappa shape index (κ3) is 5.50. The highest BCUT2D eigenvalue weighted by Crippen LogP contribution is 2.07. The molecule has 0 saturated heterocycles. The Morgan fingerprint density at radius 3 is 2.59 bits per heavy atom. The SMILES string of the molecule is CCC(C)C(=O)COCCOc1ccccc1. The molecule has 1 aromatic carbocycles. The van der Waals surface area contributed by atoms with E-state index in [4.69, 9.17) is 9.47 Å².